The maximum Gasteiger partial charge on any atom is 0.306 e. The first-order chi connectivity index (χ1) is 26.0. The second-order valence-corrected chi connectivity index (χ2v) is 15.7. The number of nitrogens with zero attached hydrogens (tertiary/aromatic N) is 3. The molecule has 5 rings (SSSR count). The van der Waals surface area contributed by atoms with Crippen LogP contribution < -0.4 is 21.3 Å². The summed E-state index contributed by atoms with van der Waals surface area (Å²) in [5, 5.41) is 34.0. The minimum absolute atomic E-state index is 0.272. The molecule has 0 unspecified atom stereocenters. The summed E-state index contributed by atoms with van der Waals surface area (Å²) in [4.78, 5) is 21.3. The smallest absolute Gasteiger partial charge is 0.306 e. The zero-order valence-electron chi connectivity index (χ0n) is 31.9. The molecule has 7 N–H and O–H groups in total. The third-order valence-electron chi connectivity index (χ3n) is 8.70. The van der Waals surface area contributed by atoms with Gasteiger partial charge >= 0.3 is 5.69 Å². The standard InChI is InChI=1S/C12H17N3O5S.C6H5FN2O4S.C6H13NO.C6H15N.C4H8O/c13-21(18,19)10-1-2-11(12(7-10)15(16)17)14-8-9-3-5-20-6-4-9;7-5-2-1-4(14(8,12)13)3-6(5)9(10)11;7-5-6-1-3-8-4-2-6;1-4-7(5-2)6-3;1-2-4-5-3-1/h1-2,7,9,14H,3-6,8H2,(H2,13,18,19);1-3H,(H2,8,12,13);6H,1-5,7H2;4-6H2,1-3H3;1-4H2. The highest BCUT2D eigenvalue weighted by atomic mass is 32.2. The zero-order valence-corrected chi connectivity index (χ0v) is 33.5. The quantitative estimate of drug-likeness (QED) is 0.184. The van der Waals surface area contributed by atoms with E-state index in [1.165, 1.54) is 44.6 Å². The predicted octanol–water partition coefficient (Wildman–Crippen LogP) is 3.98. The van der Waals surface area contributed by atoms with Crippen molar-refractivity contribution in [1.29, 1.82) is 0 Å². The highest BCUT2D eigenvalue weighted by molar-refractivity contribution is 7.89. The minimum atomic E-state index is -4.05. The Morgan fingerprint density at radius 1 is 0.727 bits per heavy atom. The van der Waals surface area contributed by atoms with Gasteiger partial charge in [-0.1, -0.05) is 20.8 Å². The molecule has 3 heterocycles. The monoisotopic (exact) mass is 823 g/mol. The van der Waals surface area contributed by atoms with Gasteiger partial charge in [-0.15, -0.1) is 0 Å². The lowest BCUT2D eigenvalue weighted by Crippen LogP contribution is -2.23. The number of ether oxygens (including phenoxy) is 3. The zero-order chi connectivity index (χ0) is 41.4. The van der Waals surface area contributed by atoms with Crippen LogP contribution in [0.4, 0.5) is 21.5 Å². The number of nitro benzene ring substituents is 2. The molecular weight excluding hydrogens is 766 g/mol. The van der Waals surface area contributed by atoms with Gasteiger partial charge in [-0.25, -0.2) is 27.1 Å². The third kappa shape index (κ3) is 20.4. The SMILES string of the molecule is C1CCOC1.CCN(CC)CC.NCC1CCOCC1.NS(=O)(=O)c1ccc(F)c([N+](=O)[O-])c1.NS(=O)(=O)c1ccc(NCC2CCOCC2)c([N+](=O)[O-])c1. The Morgan fingerprint density at radius 3 is 1.49 bits per heavy atom. The van der Waals surface area contributed by atoms with Crippen molar-refractivity contribution >= 4 is 37.1 Å². The van der Waals surface area contributed by atoms with Gasteiger partial charge in [0, 0.05) is 58.3 Å². The van der Waals surface area contributed by atoms with Gasteiger partial charge in [0.25, 0.3) is 5.69 Å². The number of nitro groups is 2. The number of primary sulfonamides is 2. The van der Waals surface area contributed by atoms with Crippen LogP contribution in [-0.4, -0.2) is 104 Å². The molecule has 0 radical (unpaired) electrons. The van der Waals surface area contributed by atoms with E-state index in [1.54, 1.807) is 0 Å². The summed E-state index contributed by atoms with van der Waals surface area (Å²) in [7, 11) is -8.01. The fourth-order valence-electron chi connectivity index (χ4n) is 5.17. The lowest BCUT2D eigenvalue weighted by atomic mass is 10.0. The fourth-order valence-corrected chi connectivity index (χ4v) is 6.23. The van der Waals surface area contributed by atoms with Crippen LogP contribution in [0.15, 0.2) is 46.2 Å². The molecule has 21 heteroatoms. The number of anilines is 1. The molecule has 0 saturated carbocycles. The Kier molecular flexibility index (Phi) is 23.9. The van der Waals surface area contributed by atoms with Crippen molar-refractivity contribution in [3.05, 3.63) is 62.4 Å². The van der Waals surface area contributed by atoms with Crippen molar-refractivity contribution in [2.45, 2.75) is 69.1 Å². The van der Waals surface area contributed by atoms with Crippen LogP contribution in [0.2, 0.25) is 0 Å². The molecule has 3 saturated heterocycles. The molecule has 3 aliphatic heterocycles. The molecule has 314 valence electrons. The van der Waals surface area contributed by atoms with Crippen molar-refractivity contribution in [1.82, 2.24) is 4.90 Å². The number of nitrogens with one attached hydrogen (secondary N) is 1. The Morgan fingerprint density at radius 2 is 1.15 bits per heavy atom. The largest absolute Gasteiger partial charge is 0.381 e. The molecule has 0 amide bonds. The van der Waals surface area contributed by atoms with E-state index in [2.05, 4.69) is 31.0 Å². The van der Waals surface area contributed by atoms with Crippen LogP contribution in [0.25, 0.3) is 0 Å². The maximum atomic E-state index is 12.7. The summed E-state index contributed by atoms with van der Waals surface area (Å²) in [6, 6.07) is 5.72. The number of hydrogen-bond donors (Lipinski definition) is 4. The fraction of sp³-hybridized carbons (Fsp3) is 0.647. The number of halogens is 1. The summed E-state index contributed by atoms with van der Waals surface area (Å²) in [5.41, 5.74) is 4.52. The second-order valence-electron chi connectivity index (χ2n) is 12.6. The van der Waals surface area contributed by atoms with E-state index in [4.69, 9.17) is 30.2 Å². The van der Waals surface area contributed by atoms with E-state index >= 15 is 0 Å². The topological polar surface area (TPSA) is 276 Å². The molecule has 3 fully saturated rings. The van der Waals surface area contributed by atoms with Gasteiger partial charge in [0.05, 0.1) is 19.6 Å². The average Bonchev–Trinajstić information content (AvgIpc) is 3.76. The molecule has 3 aliphatic rings. The summed E-state index contributed by atoms with van der Waals surface area (Å²) in [6.45, 7) is 16.8. The summed E-state index contributed by atoms with van der Waals surface area (Å²) < 4.78 is 72.1. The van der Waals surface area contributed by atoms with Crippen LogP contribution in [0, 0.1) is 37.9 Å². The Bertz CT molecular complexity index is 1640. The first-order valence-corrected chi connectivity index (χ1v) is 21.2. The van der Waals surface area contributed by atoms with Gasteiger partial charge in [-0.2, -0.15) is 4.39 Å². The van der Waals surface area contributed by atoms with Crippen molar-refractivity contribution in [2.24, 2.45) is 27.8 Å². The third-order valence-corrected chi connectivity index (χ3v) is 10.5. The van der Waals surface area contributed by atoms with Gasteiger partial charge in [-0.3, -0.25) is 20.2 Å². The first kappa shape index (κ1) is 49.6. The maximum absolute atomic E-state index is 12.7. The van der Waals surface area contributed by atoms with Gasteiger partial charge < -0.3 is 30.2 Å². The molecule has 0 spiro atoms. The Balaban J connectivity index is 0.000000381. The Labute approximate surface area is 323 Å². The molecule has 55 heavy (non-hydrogen) atoms. The van der Waals surface area contributed by atoms with Crippen LogP contribution in [0.1, 0.15) is 59.3 Å². The van der Waals surface area contributed by atoms with Crippen molar-refractivity contribution in [3.63, 3.8) is 0 Å². The predicted molar refractivity (Wildman–Crippen MR) is 207 cm³/mol. The highest BCUT2D eigenvalue weighted by Crippen LogP contribution is 2.28. The summed E-state index contributed by atoms with van der Waals surface area (Å²) in [6.07, 6.45) is 6.68. The second kappa shape index (κ2) is 26.4. The first-order valence-electron chi connectivity index (χ1n) is 18.2. The number of sulfonamides is 2. The number of hydrogen-bond acceptors (Lipinski definition) is 14. The van der Waals surface area contributed by atoms with Crippen molar-refractivity contribution in [3.8, 4) is 0 Å². The Hall–Kier alpha value is -3.41. The van der Waals surface area contributed by atoms with Crippen LogP contribution in [0.3, 0.4) is 0 Å². The molecule has 2 aromatic carbocycles. The number of benzene rings is 2. The molecule has 18 nitrogen and oxygen atoms in total. The van der Waals surface area contributed by atoms with Crippen LogP contribution in [-0.2, 0) is 34.3 Å². The molecule has 0 aromatic heterocycles. The molecule has 2 aromatic rings. The van der Waals surface area contributed by atoms with E-state index in [-0.39, 0.29) is 10.6 Å². The van der Waals surface area contributed by atoms with Crippen LogP contribution >= 0.6 is 0 Å². The summed E-state index contributed by atoms with van der Waals surface area (Å²) >= 11 is 0. The molecule has 0 aliphatic carbocycles. The summed E-state index contributed by atoms with van der Waals surface area (Å²) in [5.74, 6) is 0.0161. The van der Waals surface area contributed by atoms with E-state index in [0.717, 1.165) is 76.7 Å². The van der Waals surface area contributed by atoms with Crippen LogP contribution in [0.5, 0.6) is 0 Å². The highest BCUT2D eigenvalue weighted by Gasteiger charge is 2.21. The molecule has 0 atom stereocenters. The number of rotatable bonds is 11. The average molecular weight is 824 g/mol. The van der Waals surface area contributed by atoms with E-state index in [0.29, 0.717) is 43.5 Å². The van der Waals surface area contributed by atoms with Gasteiger partial charge in [0.2, 0.25) is 25.9 Å². The minimum Gasteiger partial charge on any atom is -0.381 e. The lowest BCUT2D eigenvalue weighted by Gasteiger charge is -2.22. The van der Waals surface area contributed by atoms with Crippen molar-refractivity contribution in [2.75, 3.05) is 77.7 Å². The molecule has 0 bridgehead atoms. The number of nitrogens with two attached hydrogens (primary N) is 3. The van der Waals surface area contributed by atoms with Gasteiger partial charge in [-0.05, 0) is 101 Å². The van der Waals surface area contributed by atoms with Crippen molar-refractivity contribution < 1.29 is 45.3 Å². The normalized spacial score (nSPS) is 16.1. The molecular formula is C34H58FN7O11S2. The van der Waals surface area contributed by atoms with Gasteiger partial charge in [0.15, 0.2) is 0 Å². The van der Waals surface area contributed by atoms with E-state index in [1.807, 2.05) is 0 Å². The lowest BCUT2D eigenvalue weighted by molar-refractivity contribution is -0.387. The van der Waals surface area contributed by atoms with E-state index < -0.39 is 46.3 Å². The van der Waals surface area contributed by atoms with E-state index in [9.17, 15) is 41.5 Å². The van der Waals surface area contributed by atoms with Gasteiger partial charge in [0.1, 0.15) is 5.69 Å².